The van der Waals surface area contributed by atoms with Crippen molar-refractivity contribution in [2.75, 3.05) is 0 Å². The van der Waals surface area contributed by atoms with Crippen LogP contribution < -0.4 is 0 Å². The zero-order valence-electron chi connectivity index (χ0n) is 9.82. The minimum absolute atomic E-state index is 0.232. The molecular formula is C7F12N4. The van der Waals surface area contributed by atoms with Crippen molar-refractivity contribution in [2.45, 2.75) is 30.2 Å². The second kappa shape index (κ2) is 5.85. The van der Waals surface area contributed by atoms with Crippen LogP contribution in [0.5, 0.6) is 0 Å². The minimum Gasteiger partial charge on any atom is -0.191 e. The maximum atomic E-state index is 12.7. The second-order valence-corrected chi connectivity index (χ2v) is 3.44. The van der Waals surface area contributed by atoms with Gasteiger partial charge in [-0.3, -0.25) is 0 Å². The average Bonchev–Trinajstić information content (AvgIpc) is 2.31. The molecule has 0 atom stereocenters. The molecule has 0 unspecified atom stereocenters. The van der Waals surface area contributed by atoms with Crippen LogP contribution in [0.2, 0.25) is 0 Å². The lowest BCUT2D eigenvalue weighted by Gasteiger charge is -2.30. The van der Waals surface area contributed by atoms with Gasteiger partial charge in [-0.1, -0.05) is 5.11 Å². The summed E-state index contributed by atoms with van der Waals surface area (Å²) in [7, 11) is 0. The Labute approximate surface area is 117 Å². The molecule has 0 aromatic rings. The Balaban J connectivity index is 5.72. The molecule has 0 radical (unpaired) electrons. The molecule has 4 nitrogen and oxygen atoms in total. The van der Waals surface area contributed by atoms with Gasteiger partial charge >= 0.3 is 30.2 Å². The zero-order valence-corrected chi connectivity index (χ0v) is 9.82. The van der Waals surface area contributed by atoms with Gasteiger partial charge in [0.1, 0.15) is 6.07 Å². The Morgan fingerprint density at radius 3 is 1.48 bits per heavy atom. The molecule has 0 saturated carbocycles. The van der Waals surface area contributed by atoms with Crippen LogP contribution in [-0.4, -0.2) is 36.0 Å². The molecule has 0 heterocycles. The number of hydrogen-bond donors (Lipinski definition) is 0. The number of halogens is 12. The maximum absolute atomic E-state index is 12.7. The van der Waals surface area contributed by atoms with Crippen LogP contribution in [0.4, 0.5) is 52.7 Å². The van der Waals surface area contributed by atoms with E-state index in [2.05, 4.69) is 0 Å². The van der Waals surface area contributed by atoms with Gasteiger partial charge in [-0.15, -0.1) is 5.10 Å². The van der Waals surface area contributed by atoms with Gasteiger partial charge in [-0.05, 0) is 5.22 Å². The third-order valence-corrected chi connectivity index (χ3v) is 1.82. The van der Waals surface area contributed by atoms with Crippen LogP contribution in [0.25, 0.3) is 0 Å². The molecule has 0 saturated heterocycles. The molecule has 0 N–H and O–H groups in total. The average molecular weight is 368 g/mol. The van der Waals surface area contributed by atoms with Gasteiger partial charge in [-0.2, -0.15) is 57.9 Å². The van der Waals surface area contributed by atoms with Gasteiger partial charge < -0.3 is 0 Å². The summed E-state index contributed by atoms with van der Waals surface area (Å²) in [5.41, 5.74) is -2.59. The van der Waals surface area contributed by atoms with Crippen molar-refractivity contribution in [3.63, 3.8) is 0 Å². The van der Waals surface area contributed by atoms with E-state index in [0.29, 0.717) is 0 Å². The molecule has 23 heavy (non-hydrogen) atoms. The minimum atomic E-state index is -7.28. The Morgan fingerprint density at radius 2 is 1.17 bits per heavy atom. The smallest absolute Gasteiger partial charge is 0.191 e. The van der Waals surface area contributed by atoms with Crippen LogP contribution >= 0.6 is 0 Å². The van der Waals surface area contributed by atoms with E-state index in [0.717, 1.165) is 5.11 Å². The molecular weight excluding hydrogens is 368 g/mol. The second-order valence-electron chi connectivity index (χ2n) is 3.44. The predicted octanol–water partition coefficient (Wildman–Crippen LogP) is 4.31. The lowest BCUT2D eigenvalue weighted by atomic mass is 10.1. The Morgan fingerprint density at radius 1 is 0.739 bits per heavy atom. The van der Waals surface area contributed by atoms with E-state index in [1.807, 2.05) is 0 Å². The van der Waals surface area contributed by atoms with Crippen molar-refractivity contribution in [1.29, 1.82) is 5.26 Å². The maximum Gasteiger partial charge on any atom is 0.460 e. The number of rotatable bonds is 4. The highest BCUT2D eigenvalue weighted by molar-refractivity contribution is 6.02. The first-order chi connectivity index (χ1) is 9.92. The lowest BCUT2D eigenvalue weighted by Crippen LogP contribution is -2.60. The number of nitriles is 1. The number of hydrogen-bond acceptors (Lipinski definition) is 3. The summed E-state index contributed by atoms with van der Waals surface area (Å²) in [4.78, 5) is 0. The monoisotopic (exact) mass is 368 g/mol. The highest BCUT2D eigenvalue weighted by Crippen LogP contribution is 2.53. The summed E-state index contributed by atoms with van der Waals surface area (Å²) in [5, 5.41) is 11.8. The zero-order chi connectivity index (χ0) is 18.9. The molecule has 0 bridgehead atoms. The van der Waals surface area contributed by atoms with E-state index in [-0.39, 0.29) is 6.07 Å². The Kier molecular flexibility index (Phi) is 5.32. The quantitative estimate of drug-likeness (QED) is 0.240. The van der Waals surface area contributed by atoms with Crippen molar-refractivity contribution < 1.29 is 52.7 Å². The molecule has 0 aromatic carbocycles. The number of alkyl halides is 12. The van der Waals surface area contributed by atoms with E-state index in [9.17, 15) is 52.7 Å². The fraction of sp³-hybridized carbons (Fsp3) is 0.714. The van der Waals surface area contributed by atoms with Crippen molar-refractivity contribution in [1.82, 2.24) is 0 Å². The van der Waals surface area contributed by atoms with Crippen LogP contribution in [-0.2, 0) is 0 Å². The summed E-state index contributed by atoms with van der Waals surface area (Å²) in [6, 6.07) is -6.35. The normalized spacial score (nSPS) is 15.9. The van der Waals surface area contributed by atoms with E-state index in [1.54, 1.807) is 5.10 Å². The van der Waals surface area contributed by atoms with Gasteiger partial charge in [-0.25, -0.2) is 0 Å². The number of nitrogens with zero attached hydrogens (tertiary/aromatic N) is 4. The first-order valence-electron chi connectivity index (χ1n) is 4.59. The van der Waals surface area contributed by atoms with Gasteiger partial charge in [0, 0.05) is 0 Å². The Bertz CT molecular complexity index is 533. The summed E-state index contributed by atoms with van der Waals surface area (Å²) < 4.78 is 146. The SMILES string of the molecule is N#CC(=NN=NC(F)(F)C(F)(F)C(F)(F)C(F)(F)F)C(F)(F)F. The lowest BCUT2D eigenvalue weighted by molar-refractivity contribution is -0.395. The predicted molar refractivity (Wildman–Crippen MR) is 44.9 cm³/mol. The van der Waals surface area contributed by atoms with Crippen molar-refractivity contribution in [3.05, 3.63) is 0 Å². The molecule has 0 aromatic heterocycles. The standard InChI is InChI=1S/C7F12N4/c8-3(9,10)2(1-20)21-23-22-7(18,19)5(13,14)4(11,12)6(15,16)17. The van der Waals surface area contributed by atoms with Crippen molar-refractivity contribution in [3.8, 4) is 6.07 Å². The van der Waals surface area contributed by atoms with Crippen LogP contribution in [0.15, 0.2) is 15.4 Å². The van der Waals surface area contributed by atoms with Gasteiger partial charge in [0.2, 0.25) is 5.71 Å². The first kappa shape index (κ1) is 20.9. The van der Waals surface area contributed by atoms with E-state index in [4.69, 9.17) is 5.26 Å². The van der Waals surface area contributed by atoms with Crippen LogP contribution in [0.3, 0.4) is 0 Å². The highest BCUT2D eigenvalue weighted by atomic mass is 19.4. The van der Waals surface area contributed by atoms with Gasteiger partial charge in [0.05, 0.1) is 0 Å². The van der Waals surface area contributed by atoms with E-state index < -0.39 is 36.0 Å². The molecule has 0 spiro atoms. The summed E-state index contributed by atoms with van der Waals surface area (Å²) in [6.07, 6.45) is -12.7. The van der Waals surface area contributed by atoms with Gasteiger partial charge in [0.15, 0.2) is 0 Å². The highest BCUT2D eigenvalue weighted by Gasteiger charge is 2.82. The molecule has 0 amide bonds. The Hall–Kier alpha value is -2.08. The summed E-state index contributed by atoms with van der Waals surface area (Å²) in [5.74, 6) is -14.5. The van der Waals surface area contributed by atoms with Crippen LogP contribution in [0.1, 0.15) is 0 Å². The van der Waals surface area contributed by atoms with Crippen molar-refractivity contribution >= 4 is 5.71 Å². The third-order valence-electron chi connectivity index (χ3n) is 1.82. The van der Waals surface area contributed by atoms with E-state index in [1.165, 1.54) is 5.22 Å². The summed E-state index contributed by atoms with van der Waals surface area (Å²) >= 11 is 0. The van der Waals surface area contributed by atoms with Crippen LogP contribution in [0, 0.1) is 11.3 Å². The van der Waals surface area contributed by atoms with E-state index >= 15 is 0 Å². The van der Waals surface area contributed by atoms with Crippen molar-refractivity contribution in [2.24, 2.45) is 15.4 Å². The van der Waals surface area contributed by atoms with Gasteiger partial charge in [0.25, 0.3) is 0 Å². The first-order valence-corrected chi connectivity index (χ1v) is 4.59. The molecule has 0 aliphatic carbocycles. The molecule has 16 heteroatoms. The molecule has 0 rings (SSSR count). The molecule has 0 aliphatic rings. The topological polar surface area (TPSA) is 60.9 Å². The largest absolute Gasteiger partial charge is 0.460 e. The molecule has 0 aliphatic heterocycles. The molecule has 132 valence electrons. The fourth-order valence-electron chi connectivity index (χ4n) is 0.695. The summed E-state index contributed by atoms with van der Waals surface area (Å²) in [6.45, 7) is 0. The third kappa shape index (κ3) is 4.01. The fourth-order valence-corrected chi connectivity index (χ4v) is 0.695. The molecule has 0 fully saturated rings.